The molecule has 0 aliphatic heterocycles. The lowest BCUT2D eigenvalue weighted by molar-refractivity contribution is 0.102. The van der Waals surface area contributed by atoms with Gasteiger partial charge in [0.05, 0.1) is 19.9 Å². The van der Waals surface area contributed by atoms with Gasteiger partial charge in [0, 0.05) is 33.8 Å². The summed E-state index contributed by atoms with van der Waals surface area (Å²) in [6, 6.07) is 22.8. The molecule has 0 aliphatic carbocycles. The molecule has 30 heavy (non-hydrogen) atoms. The van der Waals surface area contributed by atoms with Gasteiger partial charge in [-0.05, 0) is 24.3 Å². The van der Waals surface area contributed by atoms with E-state index >= 15 is 0 Å². The fourth-order valence-corrected chi connectivity index (χ4v) is 3.82. The fraction of sp³-hybridized carbons (Fsp3) is 0.0833. The predicted molar refractivity (Wildman–Crippen MR) is 120 cm³/mol. The molecular weight excluding hydrogens is 396 g/mol. The van der Waals surface area contributed by atoms with E-state index in [1.54, 1.807) is 43.8 Å². The molecule has 1 N–H and O–H groups in total. The average molecular weight is 417 g/mol. The summed E-state index contributed by atoms with van der Waals surface area (Å²) in [5.41, 5.74) is 4.17. The van der Waals surface area contributed by atoms with Crippen LogP contribution >= 0.6 is 11.3 Å². The standard InChI is InChI=1S/C24H20N2O3S/c1-28-20-12-18(13-21(14-20)29-2)23(27)25-19-10-8-16(9-11-19)22-15-30-24(26-22)17-6-4-3-5-7-17/h3-15H,1-2H3,(H,25,27). The van der Waals surface area contributed by atoms with Gasteiger partial charge in [0.2, 0.25) is 0 Å². The molecular formula is C24H20N2O3S. The molecule has 0 radical (unpaired) electrons. The van der Waals surface area contributed by atoms with Crippen molar-refractivity contribution >= 4 is 22.9 Å². The lowest BCUT2D eigenvalue weighted by Crippen LogP contribution is -2.12. The number of amides is 1. The first-order valence-electron chi connectivity index (χ1n) is 9.32. The summed E-state index contributed by atoms with van der Waals surface area (Å²) < 4.78 is 10.5. The molecule has 3 aromatic carbocycles. The van der Waals surface area contributed by atoms with E-state index in [4.69, 9.17) is 14.5 Å². The topological polar surface area (TPSA) is 60.5 Å². The monoisotopic (exact) mass is 416 g/mol. The number of nitrogens with zero attached hydrogens (tertiary/aromatic N) is 1. The van der Waals surface area contributed by atoms with Crippen LogP contribution in [0.2, 0.25) is 0 Å². The Hall–Kier alpha value is -3.64. The van der Waals surface area contributed by atoms with Gasteiger partial charge in [-0.2, -0.15) is 0 Å². The van der Waals surface area contributed by atoms with Crippen molar-refractivity contribution in [1.82, 2.24) is 4.98 Å². The Balaban J connectivity index is 1.49. The number of benzene rings is 3. The van der Waals surface area contributed by atoms with Gasteiger partial charge in [-0.3, -0.25) is 4.79 Å². The Bertz CT molecular complexity index is 1130. The first-order valence-corrected chi connectivity index (χ1v) is 10.2. The summed E-state index contributed by atoms with van der Waals surface area (Å²) >= 11 is 1.61. The molecule has 0 bridgehead atoms. The van der Waals surface area contributed by atoms with Crippen LogP contribution in [-0.4, -0.2) is 25.1 Å². The van der Waals surface area contributed by atoms with Gasteiger partial charge in [-0.1, -0.05) is 42.5 Å². The largest absolute Gasteiger partial charge is 0.497 e. The molecule has 150 valence electrons. The zero-order valence-electron chi connectivity index (χ0n) is 16.6. The van der Waals surface area contributed by atoms with Crippen molar-refractivity contribution in [3.8, 4) is 33.3 Å². The minimum Gasteiger partial charge on any atom is -0.497 e. The molecule has 0 fully saturated rings. The van der Waals surface area contributed by atoms with E-state index in [-0.39, 0.29) is 5.91 Å². The number of hydrogen-bond acceptors (Lipinski definition) is 5. The molecule has 4 aromatic rings. The second-order valence-electron chi connectivity index (χ2n) is 6.54. The highest BCUT2D eigenvalue weighted by atomic mass is 32.1. The van der Waals surface area contributed by atoms with Crippen LogP contribution in [0.3, 0.4) is 0 Å². The second-order valence-corrected chi connectivity index (χ2v) is 7.39. The average Bonchev–Trinajstić information content (AvgIpc) is 3.30. The molecule has 5 nitrogen and oxygen atoms in total. The van der Waals surface area contributed by atoms with E-state index in [9.17, 15) is 4.79 Å². The van der Waals surface area contributed by atoms with E-state index in [2.05, 4.69) is 17.4 Å². The maximum atomic E-state index is 12.6. The summed E-state index contributed by atoms with van der Waals surface area (Å²) in [4.78, 5) is 17.4. The second kappa shape index (κ2) is 8.80. The van der Waals surface area contributed by atoms with Crippen molar-refractivity contribution in [3.63, 3.8) is 0 Å². The smallest absolute Gasteiger partial charge is 0.255 e. The number of carbonyl (C=O) groups is 1. The summed E-state index contributed by atoms with van der Waals surface area (Å²) in [5.74, 6) is 0.889. The summed E-state index contributed by atoms with van der Waals surface area (Å²) in [6.45, 7) is 0. The zero-order chi connectivity index (χ0) is 20.9. The third kappa shape index (κ3) is 4.34. The molecule has 0 aliphatic rings. The van der Waals surface area contributed by atoms with Gasteiger partial charge >= 0.3 is 0 Å². The van der Waals surface area contributed by atoms with E-state index in [1.165, 1.54) is 0 Å². The van der Waals surface area contributed by atoms with Crippen LogP contribution in [0.25, 0.3) is 21.8 Å². The summed E-state index contributed by atoms with van der Waals surface area (Å²) in [7, 11) is 3.10. The van der Waals surface area contributed by atoms with Crippen molar-refractivity contribution in [3.05, 3.63) is 83.7 Å². The van der Waals surface area contributed by atoms with Gasteiger partial charge in [-0.25, -0.2) is 4.98 Å². The lowest BCUT2D eigenvalue weighted by atomic mass is 10.1. The number of ether oxygens (including phenoxy) is 2. The molecule has 4 rings (SSSR count). The minimum absolute atomic E-state index is 0.236. The van der Waals surface area contributed by atoms with E-state index in [1.807, 2.05) is 47.8 Å². The highest BCUT2D eigenvalue weighted by Crippen LogP contribution is 2.29. The Morgan fingerprint density at radius 1 is 0.867 bits per heavy atom. The van der Waals surface area contributed by atoms with Crippen LogP contribution < -0.4 is 14.8 Å². The van der Waals surface area contributed by atoms with E-state index < -0.39 is 0 Å². The molecule has 0 saturated heterocycles. The number of aromatic nitrogens is 1. The van der Waals surface area contributed by atoms with Gasteiger partial charge in [0.25, 0.3) is 5.91 Å². The maximum Gasteiger partial charge on any atom is 0.255 e. The SMILES string of the molecule is COc1cc(OC)cc(C(=O)Nc2ccc(-c3csc(-c4ccccc4)n3)cc2)c1. The van der Waals surface area contributed by atoms with Gasteiger partial charge < -0.3 is 14.8 Å². The predicted octanol–water partition coefficient (Wildman–Crippen LogP) is 5.75. The summed E-state index contributed by atoms with van der Waals surface area (Å²) in [5, 5.41) is 5.92. The Labute approximate surface area is 178 Å². The van der Waals surface area contributed by atoms with Gasteiger partial charge in [0.1, 0.15) is 16.5 Å². The van der Waals surface area contributed by atoms with E-state index in [0.29, 0.717) is 22.7 Å². The Morgan fingerprint density at radius 2 is 1.53 bits per heavy atom. The molecule has 1 heterocycles. The van der Waals surface area contributed by atoms with Crippen LogP contribution in [0.1, 0.15) is 10.4 Å². The van der Waals surface area contributed by atoms with Crippen molar-refractivity contribution < 1.29 is 14.3 Å². The third-order valence-electron chi connectivity index (χ3n) is 4.58. The van der Waals surface area contributed by atoms with Crippen LogP contribution in [0.4, 0.5) is 5.69 Å². The number of hydrogen-bond donors (Lipinski definition) is 1. The van der Waals surface area contributed by atoms with Crippen molar-refractivity contribution in [2.24, 2.45) is 0 Å². The molecule has 0 spiro atoms. The van der Waals surface area contributed by atoms with Crippen LogP contribution in [-0.2, 0) is 0 Å². The number of methoxy groups -OCH3 is 2. The zero-order valence-corrected chi connectivity index (χ0v) is 17.4. The Kier molecular flexibility index (Phi) is 5.77. The van der Waals surface area contributed by atoms with Crippen LogP contribution in [0, 0.1) is 0 Å². The molecule has 6 heteroatoms. The molecule has 1 aromatic heterocycles. The van der Waals surface area contributed by atoms with Gasteiger partial charge in [-0.15, -0.1) is 11.3 Å². The number of thiazole rings is 1. The fourth-order valence-electron chi connectivity index (χ4n) is 2.99. The summed E-state index contributed by atoms with van der Waals surface area (Å²) in [6.07, 6.45) is 0. The van der Waals surface area contributed by atoms with Crippen molar-refractivity contribution in [2.75, 3.05) is 19.5 Å². The maximum absolute atomic E-state index is 12.6. The normalized spacial score (nSPS) is 10.5. The quantitative estimate of drug-likeness (QED) is 0.435. The Morgan fingerprint density at radius 3 is 2.17 bits per heavy atom. The van der Waals surface area contributed by atoms with Gasteiger partial charge in [0.15, 0.2) is 0 Å². The lowest BCUT2D eigenvalue weighted by Gasteiger charge is -2.09. The van der Waals surface area contributed by atoms with Crippen molar-refractivity contribution in [1.29, 1.82) is 0 Å². The molecule has 0 atom stereocenters. The molecule has 0 unspecified atom stereocenters. The first kappa shape index (κ1) is 19.7. The number of anilines is 1. The highest BCUT2D eigenvalue weighted by Gasteiger charge is 2.11. The number of rotatable bonds is 6. The first-order chi connectivity index (χ1) is 14.7. The third-order valence-corrected chi connectivity index (χ3v) is 5.47. The molecule has 0 saturated carbocycles. The van der Waals surface area contributed by atoms with Crippen LogP contribution in [0.15, 0.2) is 78.2 Å². The van der Waals surface area contributed by atoms with Crippen LogP contribution in [0.5, 0.6) is 11.5 Å². The molecule has 1 amide bonds. The minimum atomic E-state index is -0.236. The number of carbonyl (C=O) groups excluding carboxylic acids is 1. The van der Waals surface area contributed by atoms with E-state index in [0.717, 1.165) is 21.8 Å². The highest BCUT2D eigenvalue weighted by molar-refractivity contribution is 7.13. The number of nitrogens with one attached hydrogen (secondary N) is 1. The van der Waals surface area contributed by atoms with Crippen molar-refractivity contribution in [2.45, 2.75) is 0 Å².